The van der Waals surface area contributed by atoms with Gasteiger partial charge in [-0.05, 0) is 24.3 Å². The molecule has 0 amide bonds. The van der Waals surface area contributed by atoms with Crippen LogP contribution in [0.1, 0.15) is 0 Å². The van der Waals surface area contributed by atoms with Crippen LogP contribution in [0.5, 0.6) is 0 Å². The van der Waals surface area contributed by atoms with Gasteiger partial charge in [0.2, 0.25) is 0 Å². The van der Waals surface area contributed by atoms with E-state index < -0.39 is 0 Å². The van der Waals surface area contributed by atoms with E-state index in [4.69, 9.17) is 17.7 Å². The smallest absolute Gasteiger partial charge is 0.146 e. The topological polar surface area (TPSA) is 52.6 Å². The van der Waals surface area contributed by atoms with Crippen molar-refractivity contribution in [2.75, 3.05) is 0 Å². The lowest BCUT2D eigenvalue weighted by Gasteiger charge is -2.04. The van der Waals surface area contributed by atoms with Crippen LogP contribution in [-0.2, 0) is 0 Å². The molecule has 0 atom stereocenters. The second kappa shape index (κ2) is 3.36. The third kappa shape index (κ3) is 1.01. The molecule has 0 aliphatic heterocycles. The van der Waals surface area contributed by atoms with E-state index in [-0.39, 0.29) is 0 Å². The minimum absolute atomic E-state index is 0.794. The van der Waals surface area contributed by atoms with E-state index >= 15 is 0 Å². The molecule has 4 heteroatoms. The molecule has 0 N–H and O–H groups in total. The quantitative estimate of drug-likeness (QED) is 0.353. The van der Waals surface area contributed by atoms with Gasteiger partial charge in [-0.1, -0.05) is 0 Å². The first-order valence-electron chi connectivity index (χ1n) is 7.00. The van der Waals surface area contributed by atoms with Crippen LogP contribution in [-0.4, -0.2) is 0 Å². The van der Waals surface area contributed by atoms with Gasteiger partial charge < -0.3 is 17.7 Å². The molecule has 0 radical (unpaired) electrons. The van der Waals surface area contributed by atoms with Gasteiger partial charge in [0.05, 0.1) is 35.8 Å². The molecule has 0 saturated carbocycles. The Labute approximate surface area is 122 Å². The van der Waals surface area contributed by atoms with Crippen molar-refractivity contribution in [3.05, 3.63) is 49.3 Å². The second-order valence-electron chi connectivity index (χ2n) is 5.40. The van der Waals surface area contributed by atoms with E-state index in [1.165, 1.54) is 0 Å². The first-order chi connectivity index (χ1) is 10.9. The first kappa shape index (κ1) is 10.6. The van der Waals surface area contributed by atoms with Gasteiger partial charge in [0.1, 0.15) is 22.3 Å². The number of hydrogen-bond donors (Lipinski definition) is 0. The standard InChI is InChI=1S/C18H8O4/c1-5-19-15-9(1)10-2-6-20-16(10)14-13(15)17-11(3-7-21-17)12-4-8-22-18(12)14/h1-8H. The van der Waals surface area contributed by atoms with E-state index in [1.807, 2.05) is 24.3 Å². The van der Waals surface area contributed by atoms with Crippen molar-refractivity contribution < 1.29 is 17.7 Å². The Bertz CT molecular complexity index is 1120. The molecule has 4 aromatic heterocycles. The summed E-state index contributed by atoms with van der Waals surface area (Å²) in [5.41, 5.74) is 3.17. The van der Waals surface area contributed by atoms with Gasteiger partial charge in [0, 0.05) is 21.5 Å². The van der Waals surface area contributed by atoms with E-state index in [0.717, 1.165) is 54.6 Å². The summed E-state index contributed by atoms with van der Waals surface area (Å²) in [7, 11) is 0. The third-order valence-corrected chi connectivity index (χ3v) is 4.40. The molecule has 0 unspecified atom stereocenters. The van der Waals surface area contributed by atoms with E-state index in [9.17, 15) is 0 Å². The highest BCUT2D eigenvalue weighted by molar-refractivity contribution is 6.35. The molecule has 6 aromatic rings. The van der Waals surface area contributed by atoms with Crippen molar-refractivity contribution in [3.63, 3.8) is 0 Å². The average molecular weight is 288 g/mol. The monoisotopic (exact) mass is 288 g/mol. The molecule has 4 heterocycles. The van der Waals surface area contributed by atoms with E-state index in [1.54, 1.807) is 25.1 Å². The zero-order valence-corrected chi connectivity index (χ0v) is 11.3. The van der Waals surface area contributed by atoms with Crippen LogP contribution in [0.25, 0.3) is 54.6 Å². The van der Waals surface area contributed by atoms with Crippen molar-refractivity contribution in [2.24, 2.45) is 0 Å². The predicted molar refractivity (Wildman–Crippen MR) is 83.0 cm³/mol. The van der Waals surface area contributed by atoms with Gasteiger partial charge >= 0.3 is 0 Å². The van der Waals surface area contributed by atoms with Crippen molar-refractivity contribution in [1.29, 1.82) is 0 Å². The highest BCUT2D eigenvalue weighted by Gasteiger charge is 2.22. The lowest BCUT2D eigenvalue weighted by atomic mass is 10.00. The zero-order chi connectivity index (χ0) is 14.3. The molecular formula is C18H8O4. The molecule has 0 saturated heterocycles. The molecule has 0 spiro atoms. The van der Waals surface area contributed by atoms with Crippen LogP contribution in [0.2, 0.25) is 0 Å². The van der Waals surface area contributed by atoms with Crippen LogP contribution >= 0.6 is 0 Å². The maximum absolute atomic E-state index is 5.77. The van der Waals surface area contributed by atoms with Gasteiger partial charge in [0.15, 0.2) is 0 Å². The third-order valence-electron chi connectivity index (χ3n) is 4.40. The molecular weight excluding hydrogens is 280 g/mol. The number of fused-ring (bicyclic) bond motifs is 11. The Morgan fingerprint density at radius 2 is 0.682 bits per heavy atom. The Morgan fingerprint density at radius 1 is 0.409 bits per heavy atom. The Hall–Kier alpha value is -3.14. The van der Waals surface area contributed by atoms with Crippen LogP contribution in [0.3, 0.4) is 0 Å². The summed E-state index contributed by atoms with van der Waals surface area (Å²) >= 11 is 0. The number of furan rings is 4. The average Bonchev–Trinajstić information content (AvgIpc) is 3.28. The fourth-order valence-corrected chi connectivity index (χ4v) is 3.52. The summed E-state index contributed by atoms with van der Waals surface area (Å²) in [6, 6.07) is 7.81. The number of rotatable bonds is 0. The van der Waals surface area contributed by atoms with Crippen molar-refractivity contribution in [2.45, 2.75) is 0 Å². The first-order valence-corrected chi connectivity index (χ1v) is 7.00. The van der Waals surface area contributed by atoms with Gasteiger partial charge in [-0.3, -0.25) is 0 Å². The molecule has 2 aromatic carbocycles. The number of hydrogen-bond acceptors (Lipinski definition) is 4. The minimum atomic E-state index is 0.794. The van der Waals surface area contributed by atoms with E-state index in [0.29, 0.717) is 0 Å². The van der Waals surface area contributed by atoms with Crippen LogP contribution in [0, 0.1) is 0 Å². The summed E-state index contributed by atoms with van der Waals surface area (Å²) in [6.45, 7) is 0. The normalized spacial score (nSPS) is 12.5. The fourth-order valence-electron chi connectivity index (χ4n) is 3.52. The van der Waals surface area contributed by atoms with Crippen LogP contribution in [0.4, 0.5) is 0 Å². The molecule has 6 rings (SSSR count). The Kier molecular flexibility index (Phi) is 1.61. The summed E-state index contributed by atoms with van der Waals surface area (Å²) in [6.07, 6.45) is 6.77. The Balaban J connectivity index is 2.19. The van der Waals surface area contributed by atoms with Gasteiger partial charge in [-0.2, -0.15) is 0 Å². The summed E-state index contributed by atoms with van der Waals surface area (Å²) in [5.74, 6) is 0. The minimum Gasteiger partial charge on any atom is -0.464 e. The molecule has 0 fully saturated rings. The van der Waals surface area contributed by atoms with Crippen LogP contribution < -0.4 is 0 Å². The molecule has 0 bridgehead atoms. The summed E-state index contributed by atoms with van der Waals surface area (Å²) in [5, 5.41) is 5.84. The van der Waals surface area contributed by atoms with Crippen molar-refractivity contribution in [3.8, 4) is 0 Å². The SMILES string of the molecule is c1cc2c3ccoc3c3c4occc4c4ccoc4c3c2o1. The molecule has 4 nitrogen and oxygen atoms in total. The highest BCUT2D eigenvalue weighted by atomic mass is 16.3. The molecule has 0 aliphatic rings. The second-order valence-corrected chi connectivity index (χ2v) is 5.40. The maximum Gasteiger partial charge on any atom is 0.146 e. The molecule has 22 heavy (non-hydrogen) atoms. The highest BCUT2D eigenvalue weighted by Crippen LogP contribution is 2.44. The van der Waals surface area contributed by atoms with Gasteiger partial charge in [-0.25, -0.2) is 0 Å². The van der Waals surface area contributed by atoms with Gasteiger partial charge in [-0.15, -0.1) is 0 Å². The maximum atomic E-state index is 5.77. The summed E-state index contributed by atoms with van der Waals surface area (Å²) < 4.78 is 23.1. The number of benzene rings is 2. The predicted octanol–water partition coefficient (Wildman–Crippen LogP) is 5.82. The van der Waals surface area contributed by atoms with E-state index in [2.05, 4.69) is 0 Å². The lowest BCUT2D eigenvalue weighted by molar-refractivity contribution is 0.605. The summed E-state index contributed by atoms with van der Waals surface area (Å²) in [4.78, 5) is 0. The van der Waals surface area contributed by atoms with Crippen molar-refractivity contribution in [1.82, 2.24) is 0 Å². The molecule has 0 aliphatic carbocycles. The molecule has 104 valence electrons. The fraction of sp³-hybridized carbons (Fsp3) is 0. The van der Waals surface area contributed by atoms with Crippen LogP contribution in [0.15, 0.2) is 67.0 Å². The Morgan fingerprint density at radius 3 is 0.955 bits per heavy atom. The lowest BCUT2D eigenvalue weighted by Crippen LogP contribution is -1.80. The zero-order valence-electron chi connectivity index (χ0n) is 11.3. The van der Waals surface area contributed by atoms with Gasteiger partial charge in [0.25, 0.3) is 0 Å². The van der Waals surface area contributed by atoms with Crippen molar-refractivity contribution >= 4 is 54.6 Å². The largest absolute Gasteiger partial charge is 0.464 e.